The van der Waals surface area contributed by atoms with Crippen molar-refractivity contribution >= 4 is 51.1 Å². The van der Waals surface area contributed by atoms with Crippen LogP contribution in [0.5, 0.6) is 11.5 Å². The van der Waals surface area contributed by atoms with Crippen molar-refractivity contribution in [2.75, 3.05) is 45.4 Å². The standard InChI is InChI=1S/C33H31N3O4S/c1-35-32(37)31(41-33(35)34-26-11-13-27(14-12-26)36-16-18-39-19-17-36)21-23-10-15-29(30(20-23)38-2)40-22-25-8-5-7-24-6-3-4-9-28(24)25/h3-15,20-21H,16-19,22H2,1-2H3/b31-21-,34-33?. The molecule has 0 aromatic heterocycles. The van der Waals surface area contributed by atoms with Gasteiger partial charge in [-0.25, -0.2) is 4.99 Å². The number of rotatable bonds is 7. The van der Waals surface area contributed by atoms with Crippen molar-refractivity contribution in [3.8, 4) is 11.5 Å². The molecule has 6 rings (SSSR count). The third kappa shape index (κ3) is 5.94. The number of nitrogens with zero attached hydrogens (tertiary/aromatic N) is 3. The first-order valence-electron chi connectivity index (χ1n) is 13.6. The third-order valence-corrected chi connectivity index (χ3v) is 8.26. The maximum Gasteiger partial charge on any atom is 0.266 e. The zero-order valence-electron chi connectivity index (χ0n) is 23.1. The number of anilines is 1. The summed E-state index contributed by atoms with van der Waals surface area (Å²) in [7, 11) is 3.37. The molecule has 8 heteroatoms. The van der Waals surface area contributed by atoms with Gasteiger partial charge in [-0.05, 0) is 76.1 Å². The van der Waals surface area contributed by atoms with E-state index >= 15 is 0 Å². The van der Waals surface area contributed by atoms with Crippen LogP contribution in [0, 0.1) is 0 Å². The Morgan fingerprint density at radius 3 is 2.54 bits per heavy atom. The molecule has 0 unspecified atom stereocenters. The molecule has 2 saturated heterocycles. The van der Waals surface area contributed by atoms with Gasteiger partial charge in [-0.15, -0.1) is 0 Å². The zero-order chi connectivity index (χ0) is 28.2. The number of thioether (sulfide) groups is 1. The minimum atomic E-state index is -0.0889. The number of morpholine rings is 1. The topological polar surface area (TPSA) is 63.6 Å². The number of aliphatic imine (C=N–C) groups is 1. The normalized spacial score (nSPS) is 17.6. The Hall–Kier alpha value is -4.27. The molecule has 0 aliphatic carbocycles. The lowest BCUT2D eigenvalue weighted by Gasteiger charge is -2.28. The van der Waals surface area contributed by atoms with Gasteiger partial charge in [0.15, 0.2) is 16.7 Å². The van der Waals surface area contributed by atoms with Crippen LogP contribution in [0.3, 0.4) is 0 Å². The van der Waals surface area contributed by atoms with Crippen molar-refractivity contribution in [1.29, 1.82) is 0 Å². The molecule has 4 aromatic carbocycles. The number of amidine groups is 1. The smallest absolute Gasteiger partial charge is 0.266 e. The highest BCUT2D eigenvalue weighted by molar-refractivity contribution is 8.18. The molecule has 1 amide bonds. The first-order valence-corrected chi connectivity index (χ1v) is 14.4. The van der Waals surface area contributed by atoms with E-state index in [-0.39, 0.29) is 5.91 Å². The minimum Gasteiger partial charge on any atom is -0.493 e. The number of fused-ring (bicyclic) bond motifs is 1. The van der Waals surface area contributed by atoms with E-state index in [1.807, 2.05) is 54.6 Å². The molecule has 4 aromatic rings. The van der Waals surface area contributed by atoms with E-state index in [0.717, 1.165) is 48.8 Å². The Balaban J connectivity index is 1.16. The summed E-state index contributed by atoms with van der Waals surface area (Å²) in [4.78, 5) is 22.3. The molecule has 0 atom stereocenters. The van der Waals surface area contributed by atoms with Gasteiger partial charge in [0.25, 0.3) is 5.91 Å². The van der Waals surface area contributed by atoms with E-state index in [1.165, 1.54) is 22.5 Å². The van der Waals surface area contributed by atoms with Crippen LogP contribution in [0.2, 0.25) is 0 Å². The average Bonchev–Trinajstić information content (AvgIpc) is 3.28. The van der Waals surface area contributed by atoms with Gasteiger partial charge in [-0.3, -0.25) is 9.69 Å². The molecule has 0 radical (unpaired) electrons. The van der Waals surface area contributed by atoms with Gasteiger partial charge in [0, 0.05) is 25.8 Å². The number of benzene rings is 4. The second kappa shape index (κ2) is 12.1. The van der Waals surface area contributed by atoms with E-state index < -0.39 is 0 Å². The fourth-order valence-electron chi connectivity index (χ4n) is 4.94. The second-order valence-corrected chi connectivity index (χ2v) is 10.8. The Morgan fingerprint density at radius 1 is 0.951 bits per heavy atom. The number of hydrogen-bond acceptors (Lipinski definition) is 7. The molecule has 41 heavy (non-hydrogen) atoms. The van der Waals surface area contributed by atoms with Crippen molar-refractivity contribution in [2.24, 2.45) is 4.99 Å². The molecule has 0 N–H and O–H groups in total. The quantitative estimate of drug-likeness (QED) is 0.239. The predicted octanol–water partition coefficient (Wildman–Crippen LogP) is 6.50. The van der Waals surface area contributed by atoms with Crippen LogP contribution in [0.25, 0.3) is 16.8 Å². The Morgan fingerprint density at radius 2 is 1.73 bits per heavy atom. The highest BCUT2D eigenvalue weighted by Gasteiger charge is 2.30. The molecule has 208 valence electrons. The summed E-state index contributed by atoms with van der Waals surface area (Å²) in [6.45, 7) is 3.68. The summed E-state index contributed by atoms with van der Waals surface area (Å²) >= 11 is 1.36. The van der Waals surface area contributed by atoms with Gasteiger partial charge < -0.3 is 19.1 Å². The Labute approximate surface area is 244 Å². The summed E-state index contributed by atoms with van der Waals surface area (Å²) in [6, 6.07) is 28.3. The fraction of sp³-hybridized carbons (Fsp3) is 0.212. The summed E-state index contributed by atoms with van der Waals surface area (Å²) in [6.07, 6.45) is 1.87. The summed E-state index contributed by atoms with van der Waals surface area (Å²) < 4.78 is 17.2. The maximum atomic E-state index is 13.0. The van der Waals surface area contributed by atoms with Crippen molar-refractivity contribution in [1.82, 2.24) is 4.90 Å². The number of amides is 1. The van der Waals surface area contributed by atoms with Crippen molar-refractivity contribution in [3.05, 3.63) is 101 Å². The van der Waals surface area contributed by atoms with Crippen molar-refractivity contribution in [2.45, 2.75) is 6.61 Å². The lowest BCUT2D eigenvalue weighted by molar-refractivity contribution is -0.121. The van der Waals surface area contributed by atoms with Crippen LogP contribution < -0.4 is 14.4 Å². The molecule has 0 saturated carbocycles. The van der Waals surface area contributed by atoms with Crippen LogP contribution in [-0.4, -0.2) is 56.4 Å². The lowest BCUT2D eigenvalue weighted by Crippen LogP contribution is -2.36. The van der Waals surface area contributed by atoms with E-state index in [4.69, 9.17) is 19.2 Å². The maximum absolute atomic E-state index is 13.0. The molecule has 0 spiro atoms. The number of likely N-dealkylation sites (N-methyl/N-ethyl adjacent to an activating group) is 1. The summed E-state index contributed by atoms with van der Waals surface area (Å²) in [5.74, 6) is 1.17. The summed E-state index contributed by atoms with van der Waals surface area (Å²) in [5, 5.41) is 2.99. The van der Waals surface area contributed by atoms with Crippen LogP contribution >= 0.6 is 11.8 Å². The number of ether oxygens (including phenoxy) is 3. The lowest BCUT2D eigenvalue weighted by atomic mass is 10.1. The highest BCUT2D eigenvalue weighted by Crippen LogP contribution is 2.36. The molecule has 2 aliphatic rings. The Kier molecular flexibility index (Phi) is 7.93. The van der Waals surface area contributed by atoms with Crippen molar-refractivity contribution in [3.63, 3.8) is 0 Å². The van der Waals surface area contributed by atoms with Gasteiger partial charge in [0.2, 0.25) is 0 Å². The van der Waals surface area contributed by atoms with E-state index in [1.54, 1.807) is 19.1 Å². The van der Waals surface area contributed by atoms with Crippen LogP contribution in [0.4, 0.5) is 11.4 Å². The van der Waals surface area contributed by atoms with Crippen molar-refractivity contribution < 1.29 is 19.0 Å². The van der Waals surface area contributed by atoms with Gasteiger partial charge in [0.1, 0.15) is 6.61 Å². The Bertz CT molecular complexity index is 1620. The monoisotopic (exact) mass is 565 g/mol. The predicted molar refractivity (Wildman–Crippen MR) is 166 cm³/mol. The second-order valence-electron chi connectivity index (χ2n) is 9.82. The summed E-state index contributed by atoms with van der Waals surface area (Å²) in [5.41, 5.74) is 3.91. The average molecular weight is 566 g/mol. The molecule has 7 nitrogen and oxygen atoms in total. The molecular weight excluding hydrogens is 534 g/mol. The van der Waals surface area contributed by atoms with E-state index in [2.05, 4.69) is 41.3 Å². The van der Waals surface area contributed by atoms with Gasteiger partial charge in [-0.2, -0.15) is 0 Å². The number of carbonyl (C=O) groups is 1. The van der Waals surface area contributed by atoms with Gasteiger partial charge in [0.05, 0.1) is 30.9 Å². The van der Waals surface area contributed by atoms with Crippen LogP contribution in [0.15, 0.2) is 94.8 Å². The SMILES string of the molecule is COc1cc(/C=C2\SC(=Nc3ccc(N4CCOCC4)cc3)N(C)C2=O)ccc1OCc1cccc2ccccc12. The van der Waals surface area contributed by atoms with Gasteiger partial charge in [-0.1, -0.05) is 48.5 Å². The zero-order valence-corrected chi connectivity index (χ0v) is 23.9. The molecule has 0 bridgehead atoms. The largest absolute Gasteiger partial charge is 0.493 e. The highest BCUT2D eigenvalue weighted by atomic mass is 32.2. The van der Waals surface area contributed by atoms with Crippen LogP contribution in [0.1, 0.15) is 11.1 Å². The minimum absolute atomic E-state index is 0.0889. The molecular formula is C33H31N3O4S. The molecule has 2 fully saturated rings. The molecule has 2 aliphatic heterocycles. The first kappa shape index (κ1) is 26.9. The van der Waals surface area contributed by atoms with Gasteiger partial charge >= 0.3 is 0 Å². The number of carbonyl (C=O) groups excluding carboxylic acids is 1. The van der Waals surface area contributed by atoms with E-state index in [0.29, 0.717) is 28.2 Å². The number of methoxy groups -OCH3 is 1. The fourth-order valence-corrected chi connectivity index (χ4v) is 5.93. The van der Waals surface area contributed by atoms with Crippen LogP contribution in [-0.2, 0) is 16.1 Å². The molecule has 2 heterocycles. The first-order chi connectivity index (χ1) is 20.1. The number of hydrogen-bond donors (Lipinski definition) is 0. The third-order valence-electron chi connectivity index (χ3n) is 7.20. The van der Waals surface area contributed by atoms with E-state index in [9.17, 15) is 4.79 Å².